The fraction of sp³-hybridized carbons (Fsp3) is 0.231. The van der Waals surface area contributed by atoms with E-state index < -0.39 is 0 Å². The first-order chi connectivity index (χ1) is 22.4. The highest BCUT2D eigenvalue weighted by atomic mass is 19.1. The largest absolute Gasteiger partial charge is 0.364 e. The third kappa shape index (κ3) is 6.03. The van der Waals surface area contributed by atoms with Crippen molar-refractivity contribution in [2.24, 2.45) is 0 Å². The van der Waals surface area contributed by atoms with Gasteiger partial charge in [0.25, 0.3) is 0 Å². The molecule has 0 saturated carbocycles. The molecule has 0 saturated heterocycles. The van der Waals surface area contributed by atoms with E-state index >= 15 is 0 Å². The second-order valence-electron chi connectivity index (χ2n) is 12.5. The Labute approximate surface area is 272 Å². The predicted octanol–water partition coefficient (Wildman–Crippen LogP) is 8.81. The summed E-state index contributed by atoms with van der Waals surface area (Å²) in [4.78, 5) is 40.1. The molecule has 6 nitrogen and oxygen atoms in total. The average Bonchev–Trinajstić information content (AvgIpc) is 3.79. The van der Waals surface area contributed by atoms with Gasteiger partial charge in [-0.05, 0) is 112 Å². The maximum Gasteiger partial charge on any atom is 0.169 e. The number of nitrogens with one attached hydrogen (secondary N) is 4. The monoisotopic (exact) mass is 632 g/mol. The lowest BCUT2D eigenvalue weighted by atomic mass is 9.88. The van der Waals surface area contributed by atoms with Gasteiger partial charge in [-0.15, -0.1) is 0 Å². The molecule has 0 amide bonds. The van der Waals surface area contributed by atoms with Gasteiger partial charge in [0.15, 0.2) is 11.6 Å². The Balaban J connectivity index is 1.34. The van der Waals surface area contributed by atoms with Gasteiger partial charge in [-0.2, -0.15) is 0 Å². The van der Waals surface area contributed by atoms with Crippen LogP contribution in [0.1, 0.15) is 107 Å². The van der Waals surface area contributed by atoms with Gasteiger partial charge in [0.1, 0.15) is 11.6 Å². The van der Waals surface area contributed by atoms with Gasteiger partial charge < -0.3 is 19.9 Å². The minimum Gasteiger partial charge on any atom is -0.364 e. The summed E-state index contributed by atoms with van der Waals surface area (Å²) in [6.45, 7) is 11.2. The van der Waals surface area contributed by atoms with Gasteiger partial charge in [0.2, 0.25) is 0 Å². The van der Waals surface area contributed by atoms with Gasteiger partial charge in [0, 0.05) is 63.6 Å². The van der Waals surface area contributed by atoms with E-state index in [0.717, 1.165) is 67.7 Å². The summed E-state index contributed by atoms with van der Waals surface area (Å²) in [7, 11) is 0. The topological polar surface area (TPSA) is 97.3 Å². The molecule has 0 aliphatic heterocycles. The number of rotatable bonds is 10. The summed E-state index contributed by atoms with van der Waals surface area (Å²) >= 11 is 0. The van der Waals surface area contributed by atoms with Crippen LogP contribution in [0.15, 0.2) is 72.9 Å². The molecule has 6 rings (SSSR count). The van der Waals surface area contributed by atoms with E-state index in [1.54, 1.807) is 31.2 Å². The van der Waals surface area contributed by atoms with E-state index in [2.05, 4.69) is 19.9 Å². The van der Waals surface area contributed by atoms with Crippen LogP contribution in [0.2, 0.25) is 0 Å². The number of carbonyl (C=O) groups is 2. The van der Waals surface area contributed by atoms with Crippen LogP contribution in [-0.2, 0) is 6.42 Å². The van der Waals surface area contributed by atoms with E-state index in [1.165, 1.54) is 24.3 Å². The van der Waals surface area contributed by atoms with Crippen molar-refractivity contribution in [1.82, 2.24) is 19.9 Å². The van der Waals surface area contributed by atoms with E-state index in [4.69, 9.17) is 0 Å². The number of hydrogen-bond acceptors (Lipinski definition) is 2. The number of benzene rings is 2. The molecule has 2 unspecified atom stereocenters. The molecule has 0 aliphatic rings. The van der Waals surface area contributed by atoms with E-state index in [9.17, 15) is 18.4 Å². The first-order valence-corrected chi connectivity index (χ1v) is 15.7. The van der Waals surface area contributed by atoms with Crippen LogP contribution >= 0.6 is 0 Å². The first kappa shape index (κ1) is 31.7. The summed E-state index contributed by atoms with van der Waals surface area (Å²) in [5.41, 5.74) is 11.6. The van der Waals surface area contributed by atoms with Gasteiger partial charge in [-0.25, -0.2) is 8.78 Å². The van der Waals surface area contributed by atoms with Gasteiger partial charge in [-0.3, -0.25) is 9.59 Å². The van der Waals surface area contributed by atoms with Crippen LogP contribution in [0.3, 0.4) is 0 Å². The zero-order chi connectivity index (χ0) is 33.6. The molecule has 47 heavy (non-hydrogen) atoms. The van der Waals surface area contributed by atoms with Crippen LogP contribution in [0, 0.1) is 46.3 Å². The van der Waals surface area contributed by atoms with Crippen molar-refractivity contribution in [2.45, 2.75) is 59.8 Å². The van der Waals surface area contributed by atoms with Gasteiger partial charge in [-0.1, -0.05) is 24.3 Å². The highest BCUT2D eigenvalue weighted by molar-refractivity contribution is 6.00. The molecule has 240 valence electrons. The van der Waals surface area contributed by atoms with Crippen LogP contribution in [0.4, 0.5) is 8.78 Å². The van der Waals surface area contributed by atoms with Crippen molar-refractivity contribution >= 4 is 11.6 Å². The predicted molar refractivity (Wildman–Crippen MR) is 180 cm³/mol. The zero-order valence-corrected chi connectivity index (χ0v) is 27.4. The Morgan fingerprint density at radius 2 is 1.17 bits per heavy atom. The third-order valence-electron chi connectivity index (χ3n) is 9.17. The molecular weight excluding hydrogens is 594 g/mol. The number of aromatic amines is 4. The average molecular weight is 633 g/mol. The fourth-order valence-electron chi connectivity index (χ4n) is 7.08. The minimum atomic E-state index is -0.339. The molecule has 0 radical (unpaired) electrons. The number of aryl methyl sites for hydroxylation is 3. The number of halogens is 2. The Kier molecular flexibility index (Phi) is 8.45. The SMILES string of the molecule is CC(=O)c1c(C)[nH]c(C(c2ccc(F)cc2)c2cc(CC(=O)c3c(C)[nH]c(C(c4ccc(F)cc4)c4ccc(C)[nH]4)c3C)c[nH]2)c1C. The smallest absolute Gasteiger partial charge is 0.169 e. The van der Waals surface area contributed by atoms with Crippen LogP contribution < -0.4 is 0 Å². The van der Waals surface area contributed by atoms with Gasteiger partial charge >= 0.3 is 0 Å². The molecule has 2 aromatic carbocycles. The minimum absolute atomic E-state index is 0.0252. The normalized spacial score (nSPS) is 12.8. The van der Waals surface area contributed by atoms with Gasteiger partial charge in [0.05, 0.1) is 11.8 Å². The molecule has 4 N–H and O–H groups in total. The van der Waals surface area contributed by atoms with Crippen LogP contribution in [0.25, 0.3) is 0 Å². The molecule has 6 aromatic rings. The van der Waals surface area contributed by atoms with Crippen molar-refractivity contribution in [1.29, 1.82) is 0 Å². The Bertz CT molecular complexity index is 2090. The molecule has 0 spiro atoms. The number of aromatic nitrogens is 4. The second kappa shape index (κ2) is 12.5. The Hall–Kier alpha value is -5.24. The van der Waals surface area contributed by atoms with Crippen molar-refractivity contribution in [3.05, 3.63) is 163 Å². The van der Waals surface area contributed by atoms with Crippen LogP contribution in [0.5, 0.6) is 0 Å². The standard InChI is InChI=1S/C39H38F2N4O2/c1-20-7-16-31(43-20)36(27-8-12-29(40)13-9-27)39-22(3)35(24(5)45-39)33(47)18-26-17-32(42-19-26)37(28-10-14-30(41)15-11-28)38-21(2)34(25(6)46)23(4)44-38/h7-17,19,36-37,42-45H,18H2,1-6H3. The molecule has 0 bridgehead atoms. The van der Waals surface area contributed by atoms with E-state index in [0.29, 0.717) is 11.1 Å². The summed E-state index contributed by atoms with van der Waals surface area (Å²) in [5, 5.41) is 0. The quantitative estimate of drug-likeness (QED) is 0.114. The molecule has 0 aliphatic carbocycles. The molecule has 2 atom stereocenters. The van der Waals surface area contributed by atoms with E-state index in [-0.39, 0.29) is 41.5 Å². The second-order valence-corrected chi connectivity index (χ2v) is 12.5. The molecule has 0 fully saturated rings. The summed E-state index contributed by atoms with van der Waals surface area (Å²) in [6.07, 6.45) is 2.00. The molecular formula is C39H38F2N4O2. The highest BCUT2D eigenvalue weighted by Gasteiger charge is 2.29. The number of H-pyrrole nitrogens is 4. The van der Waals surface area contributed by atoms with Crippen molar-refractivity contribution < 1.29 is 18.4 Å². The molecule has 8 heteroatoms. The Morgan fingerprint density at radius 1 is 0.660 bits per heavy atom. The fourth-order valence-corrected chi connectivity index (χ4v) is 7.08. The van der Waals surface area contributed by atoms with Crippen molar-refractivity contribution in [3.63, 3.8) is 0 Å². The number of ketones is 2. The lowest BCUT2D eigenvalue weighted by Crippen LogP contribution is -2.08. The first-order valence-electron chi connectivity index (χ1n) is 15.7. The van der Waals surface area contributed by atoms with Crippen LogP contribution in [-0.4, -0.2) is 31.5 Å². The van der Waals surface area contributed by atoms with Crippen molar-refractivity contribution in [2.75, 3.05) is 0 Å². The third-order valence-corrected chi connectivity index (χ3v) is 9.17. The summed E-state index contributed by atoms with van der Waals surface area (Å²) in [6, 6.07) is 18.8. The highest BCUT2D eigenvalue weighted by Crippen LogP contribution is 2.37. The summed E-state index contributed by atoms with van der Waals surface area (Å²) in [5.74, 6) is -1.28. The lowest BCUT2D eigenvalue weighted by molar-refractivity contribution is 0.0989. The van der Waals surface area contributed by atoms with Crippen molar-refractivity contribution in [3.8, 4) is 0 Å². The zero-order valence-electron chi connectivity index (χ0n) is 27.4. The number of Topliss-reactive ketones (excluding diaryl/α,β-unsaturated/α-hetero) is 2. The Morgan fingerprint density at radius 3 is 1.66 bits per heavy atom. The lowest BCUT2D eigenvalue weighted by Gasteiger charge is -2.17. The maximum atomic E-state index is 14.0. The maximum absolute atomic E-state index is 14.0. The van der Waals surface area contributed by atoms with E-state index in [1.807, 2.05) is 59.0 Å². The molecule has 4 heterocycles. The number of carbonyl (C=O) groups excluding carboxylic acids is 2. The number of hydrogen-bond donors (Lipinski definition) is 4. The summed E-state index contributed by atoms with van der Waals surface area (Å²) < 4.78 is 27.8. The molecule has 4 aromatic heterocycles.